The lowest BCUT2D eigenvalue weighted by atomic mass is 9.94. The zero-order chi connectivity index (χ0) is 14.8. The second-order valence-corrected chi connectivity index (χ2v) is 5.05. The van der Waals surface area contributed by atoms with Crippen molar-refractivity contribution in [3.63, 3.8) is 0 Å². The molecule has 0 bridgehead atoms. The molecule has 1 atom stereocenters. The smallest absolute Gasteiger partial charge is 0.126 e. The zero-order valence-electron chi connectivity index (χ0n) is 11.7. The van der Waals surface area contributed by atoms with Crippen LogP contribution in [-0.2, 0) is 0 Å². The van der Waals surface area contributed by atoms with Gasteiger partial charge in [-0.25, -0.2) is 9.82 Å². The van der Waals surface area contributed by atoms with Crippen molar-refractivity contribution in [1.29, 1.82) is 0 Å². The van der Waals surface area contributed by atoms with Gasteiger partial charge in [-0.3, -0.25) is 10.8 Å². The number of fused-ring (bicyclic) bond motifs is 1. The van der Waals surface area contributed by atoms with E-state index in [1.165, 1.54) is 6.07 Å². The van der Waals surface area contributed by atoms with Crippen molar-refractivity contribution in [1.82, 2.24) is 10.4 Å². The highest BCUT2D eigenvalue weighted by molar-refractivity contribution is 5.85. The van der Waals surface area contributed by atoms with Crippen molar-refractivity contribution in [3.8, 4) is 0 Å². The third kappa shape index (κ3) is 2.51. The first-order valence-electron chi connectivity index (χ1n) is 6.75. The van der Waals surface area contributed by atoms with Crippen LogP contribution in [0.25, 0.3) is 10.8 Å². The number of nitrogens with two attached hydrogens (primary N) is 1. The van der Waals surface area contributed by atoms with E-state index in [0.717, 1.165) is 21.9 Å². The number of hydrazine groups is 1. The average molecular weight is 281 g/mol. The number of nitrogens with zero attached hydrogens (tertiary/aromatic N) is 1. The number of hydrogen-bond donors (Lipinski definition) is 2. The molecule has 0 saturated heterocycles. The molecule has 21 heavy (non-hydrogen) atoms. The van der Waals surface area contributed by atoms with Crippen molar-refractivity contribution in [2.24, 2.45) is 5.84 Å². The van der Waals surface area contributed by atoms with Gasteiger partial charge >= 0.3 is 0 Å². The molecule has 2 aromatic carbocycles. The van der Waals surface area contributed by atoms with Gasteiger partial charge in [0.15, 0.2) is 0 Å². The Morgan fingerprint density at radius 1 is 1.19 bits per heavy atom. The second kappa shape index (κ2) is 5.60. The van der Waals surface area contributed by atoms with Crippen LogP contribution in [0.15, 0.2) is 54.9 Å². The van der Waals surface area contributed by atoms with Crippen LogP contribution in [0.4, 0.5) is 4.39 Å². The number of rotatable bonds is 3. The molecule has 3 rings (SSSR count). The van der Waals surface area contributed by atoms with Gasteiger partial charge in [0.1, 0.15) is 5.82 Å². The maximum absolute atomic E-state index is 13.5. The van der Waals surface area contributed by atoms with E-state index in [1.807, 2.05) is 36.5 Å². The Labute approximate surface area is 122 Å². The number of benzene rings is 2. The molecule has 1 heterocycles. The average Bonchev–Trinajstić information content (AvgIpc) is 2.52. The quantitative estimate of drug-likeness (QED) is 0.572. The largest absolute Gasteiger partial charge is 0.271 e. The van der Waals surface area contributed by atoms with Gasteiger partial charge in [0.25, 0.3) is 0 Å². The molecule has 0 amide bonds. The van der Waals surface area contributed by atoms with Gasteiger partial charge in [0.2, 0.25) is 0 Å². The van der Waals surface area contributed by atoms with Gasteiger partial charge in [-0.2, -0.15) is 0 Å². The molecular weight excluding hydrogens is 265 g/mol. The first kappa shape index (κ1) is 13.7. The highest BCUT2D eigenvalue weighted by Gasteiger charge is 2.16. The summed E-state index contributed by atoms with van der Waals surface area (Å²) in [5.41, 5.74) is 5.41. The Kier molecular flexibility index (Phi) is 3.64. The standard InChI is InChI=1S/C17H16FN3/c1-11-9-12(5-6-16(11)18)17(21-19)15-4-2-3-13-10-20-8-7-14(13)15/h2-10,17,21H,19H2,1H3. The third-order valence-electron chi connectivity index (χ3n) is 3.71. The minimum atomic E-state index is -0.211. The van der Waals surface area contributed by atoms with Gasteiger partial charge in [0.05, 0.1) is 6.04 Å². The summed E-state index contributed by atoms with van der Waals surface area (Å²) in [6, 6.07) is 12.8. The fraction of sp³-hybridized carbons (Fsp3) is 0.118. The van der Waals surface area contributed by atoms with Crippen LogP contribution in [0.5, 0.6) is 0 Å². The van der Waals surface area contributed by atoms with E-state index in [1.54, 1.807) is 19.2 Å². The lowest BCUT2D eigenvalue weighted by Crippen LogP contribution is -2.29. The molecule has 0 fully saturated rings. The Balaban J connectivity index is 2.16. The van der Waals surface area contributed by atoms with E-state index < -0.39 is 0 Å². The normalized spacial score (nSPS) is 12.5. The predicted molar refractivity (Wildman–Crippen MR) is 82.0 cm³/mol. The highest BCUT2D eigenvalue weighted by Crippen LogP contribution is 2.28. The minimum Gasteiger partial charge on any atom is -0.271 e. The summed E-state index contributed by atoms with van der Waals surface area (Å²) in [5, 5.41) is 2.13. The molecule has 0 radical (unpaired) electrons. The number of nitrogens with one attached hydrogen (secondary N) is 1. The number of pyridine rings is 1. The van der Waals surface area contributed by atoms with E-state index in [2.05, 4.69) is 10.4 Å². The topological polar surface area (TPSA) is 50.9 Å². The van der Waals surface area contributed by atoms with Crippen LogP contribution < -0.4 is 11.3 Å². The summed E-state index contributed by atoms with van der Waals surface area (Å²) >= 11 is 0. The van der Waals surface area contributed by atoms with Crippen molar-refractivity contribution < 1.29 is 4.39 Å². The van der Waals surface area contributed by atoms with E-state index in [0.29, 0.717) is 5.56 Å². The number of halogens is 1. The molecule has 1 aromatic heterocycles. The molecule has 4 heteroatoms. The van der Waals surface area contributed by atoms with E-state index in [4.69, 9.17) is 5.84 Å². The molecule has 0 spiro atoms. The number of aryl methyl sites for hydroxylation is 1. The number of hydrogen-bond acceptors (Lipinski definition) is 3. The third-order valence-corrected chi connectivity index (χ3v) is 3.71. The van der Waals surface area contributed by atoms with Gasteiger partial charge in [0, 0.05) is 17.8 Å². The first-order chi connectivity index (χ1) is 10.2. The predicted octanol–water partition coefficient (Wildman–Crippen LogP) is 3.24. The van der Waals surface area contributed by atoms with Crippen LogP contribution in [-0.4, -0.2) is 4.98 Å². The molecule has 106 valence electrons. The first-order valence-corrected chi connectivity index (χ1v) is 6.75. The van der Waals surface area contributed by atoms with Gasteiger partial charge in [-0.15, -0.1) is 0 Å². The summed E-state index contributed by atoms with van der Waals surface area (Å²) in [5.74, 6) is 5.55. The molecule has 0 aliphatic carbocycles. The van der Waals surface area contributed by atoms with Gasteiger partial charge in [-0.05, 0) is 41.1 Å². The molecule has 0 aliphatic rings. The van der Waals surface area contributed by atoms with E-state index in [9.17, 15) is 4.39 Å². The lowest BCUT2D eigenvalue weighted by molar-refractivity contribution is 0.608. The maximum Gasteiger partial charge on any atom is 0.126 e. The summed E-state index contributed by atoms with van der Waals surface area (Å²) in [4.78, 5) is 4.14. The Hall–Kier alpha value is -2.30. The summed E-state index contributed by atoms with van der Waals surface area (Å²) < 4.78 is 13.5. The SMILES string of the molecule is Cc1cc(C(NN)c2cccc3cnccc23)ccc1F. The Bertz CT molecular complexity index is 781. The van der Waals surface area contributed by atoms with Crippen LogP contribution >= 0.6 is 0 Å². The lowest BCUT2D eigenvalue weighted by Gasteiger charge is -2.19. The molecule has 1 unspecified atom stereocenters. The summed E-state index contributed by atoms with van der Waals surface area (Å²) in [6.07, 6.45) is 3.58. The fourth-order valence-corrected chi connectivity index (χ4v) is 2.61. The van der Waals surface area contributed by atoms with Crippen LogP contribution in [0.2, 0.25) is 0 Å². The van der Waals surface area contributed by atoms with Crippen molar-refractivity contribution in [2.75, 3.05) is 0 Å². The molecule has 0 saturated carbocycles. The zero-order valence-corrected chi connectivity index (χ0v) is 11.7. The monoisotopic (exact) mass is 281 g/mol. The van der Waals surface area contributed by atoms with Gasteiger partial charge in [-0.1, -0.05) is 30.3 Å². The van der Waals surface area contributed by atoms with Gasteiger partial charge < -0.3 is 0 Å². The molecule has 3 N–H and O–H groups in total. The molecule has 0 aliphatic heterocycles. The van der Waals surface area contributed by atoms with Crippen LogP contribution in [0, 0.1) is 12.7 Å². The van der Waals surface area contributed by atoms with Crippen molar-refractivity contribution in [2.45, 2.75) is 13.0 Å². The number of aromatic nitrogens is 1. The molecule has 3 nitrogen and oxygen atoms in total. The van der Waals surface area contributed by atoms with E-state index in [-0.39, 0.29) is 11.9 Å². The maximum atomic E-state index is 13.5. The van der Waals surface area contributed by atoms with Crippen molar-refractivity contribution in [3.05, 3.63) is 77.4 Å². The summed E-state index contributed by atoms with van der Waals surface area (Å²) in [6.45, 7) is 1.75. The molecule has 3 aromatic rings. The van der Waals surface area contributed by atoms with Crippen LogP contribution in [0.1, 0.15) is 22.7 Å². The minimum absolute atomic E-state index is 0.199. The van der Waals surface area contributed by atoms with Crippen LogP contribution in [0.3, 0.4) is 0 Å². The van der Waals surface area contributed by atoms with Crippen molar-refractivity contribution >= 4 is 10.8 Å². The Morgan fingerprint density at radius 2 is 2.05 bits per heavy atom. The highest BCUT2D eigenvalue weighted by atomic mass is 19.1. The molecular formula is C17H16FN3. The fourth-order valence-electron chi connectivity index (χ4n) is 2.61. The second-order valence-electron chi connectivity index (χ2n) is 5.05. The Morgan fingerprint density at radius 3 is 2.81 bits per heavy atom. The van der Waals surface area contributed by atoms with E-state index >= 15 is 0 Å². The summed E-state index contributed by atoms with van der Waals surface area (Å²) in [7, 11) is 0.